The van der Waals surface area contributed by atoms with Crippen molar-refractivity contribution >= 4 is 22.4 Å². The minimum atomic E-state index is -2.66. The lowest BCUT2D eigenvalue weighted by Gasteiger charge is -2.39. The number of rotatable bonds is 2. The molecule has 2 aliphatic carbocycles. The molecule has 0 heterocycles. The Morgan fingerprint density at radius 1 is 1.11 bits per heavy atom. The lowest BCUT2D eigenvalue weighted by molar-refractivity contribution is -0.137. The molecule has 0 aromatic carbocycles. The van der Waals surface area contributed by atoms with Gasteiger partial charge < -0.3 is 4.30 Å². The maximum atomic E-state index is 13.6. The highest BCUT2D eigenvalue weighted by molar-refractivity contribution is 6.14. The Labute approximate surface area is 122 Å². The molecular formula is C14H22AlF2NO. The lowest BCUT2D eigenvalue weighted by Crippen LogP contribution is -2.44. The predicted octanol–water partition coefficient (Wildman–Crippen LogP) is 3.21. The van der Waals surface area contributed by atoms with Crippen molar-refractivity contribution in [2.24, 2.45) is 17.8 Å². The number of carbonyl (C=O) groups excluding carboxylic acids is 1. The Balaban J connectivity index is 2.09. The van der Waals surface area contributed by atoms with Gasteiger partial charge in [0.1, 0.15) is 0 Å². The molecule has 0 unspecified atom stereocenters. The van der Waals surface area contributed by atoms with Gasteiger partial charge in [0.25, 0.3) is 0 Å². The first-order valence-electron chi connectivity index (χ1n) is 7.42. The average Bonchev–Trinajstić information content (AvgIpc) is 2.65. The molecule has 19 heavy (non-hydrogen) atoms. The number of alkyl halides is 2. The number of carbonyl (C=O) groups is 1. The number of hydrogen-bond acceptors (Lipinski definition) is 1. The van der Waals surface area contributed by atoms with Crippen LogP contribution in [-0.2, 0) is 4.79 Å². The van der Waals surface area contributed by atoms with Crippen LogP contribution in [-0.4, -0.2) is 28.3 Å². The summed E-state index contributed by atoms with van der Waals surface area (Å²) in [5.41, 5.74) is 0. The van der Waals surface area contributed by atoms with E-state index >= 15 is 0 Å². The van der Waals surface area contributed by atoms with Crippen LogP contribution in [0.15, 0.2) is 0 Å². The fraction of sp³-hybridized carbons (Fsp3) is 0.929. The van der Waals surface area contributed by atoms with Crippen LogP contribution in [0, 0.1) is 17.8 Å². The van der Waals surface area contributed by atoms with Crippen molar-refractivity contribution in [2.45, 2.75) is 63.7 Å². The highest BCUT2D eigenvalue weighted by atomic mass is 27.1. The van der Waals surface area contributed by atoms with Crippen LogP contribution in [0.25, 0.3) is 0 Å². The van der Waals surface area contributed by atoms with Gasteiger partial charge in [-0.05, 0) is 18.3 Å². The largest absolute Gasteiger partial charge is 0.463 e. The maximum absolute atomic E-state index is 13.6. The molecule has 5 heteroatoms. The molecule has 0 aromatic heterocycles. The normalized spacial score (nSPS) is 32.5. The second-order valence-corrected chi connectivity index (χ2v) is 6.42. The van der Waals surface area contributed by atoms with E-state index in [1.54, 1.807) is 0 Å². The van der Waals surface area contributed by atoms with Crippen LogP contribution < -0.4 is 4.30 Å². The van der Waals surface area contributed by atoms with E-state index in [4.69, 9.17) is 0 Å². The summed E-state index contributed by atoms with van der Waals surface area (Å²) in [6, 6.07) is 0. The maximum Gasteiger partial charge on any atom is 0.310 e. The first kappa shape index (κ1) is 15.3. The number of nitrogens with one attached hydrogen (secondary N) is 1. The van der Waals surface area contributed by atoms with E-state index < -0.39 is 11.8 Å². The number of halogens is 2. The zero-order valence-corrected chi connectivity index (χ0v) is 12.5. The first-order chi connectivity index (χ1) is 9.03. The second kappa shape index (κ2) is 6.54. The molecule has 2 radical (unpaired) electrons. The van der Waals surface area contributed by atoms with E-state index in [1.165, 1.54) is 25.7 Å². The Morgan fingerprint density at radius 2 is 1.74 bits per heavy atom. The van der Waals surface area contributed by atoms with Crippen molar-refractivity contribution in [1.29, 1.82) is 0 Å². The van der Waals surface area contributed by atoms with Crippen LogP contribution in [0.3, 0.4) is 0 Å². The van der Waals surface area contributed by atoms with Crippen LogP contribution in [0.5, 0.6) is 0 Å². The summed E-state index contributed by atoms with van der Waals surface area (Å²) in [4.78, 5) is 11.9. The van der Waals surface area contributed by atoms with E-state index in [-0.39, 0.29) is 24.7 Å². The number of amides is 1. The van der Waals surface area contributed by atoms with Crippen LogP contribution >= 0.6 is 0 Å². The topological polar surface area (TPSA) is 29.1 Å². The van der Waals surface area contributed by atoms with E-state index in [0.29, 0.717) is 12.3 Å². The summed E-state index contributed by atoms with van der Waals surface area (Å²) in [6.07, 6.45) is 7.27. The minimum absolute atomic E-state index is 0.0468. The summed E-state index contributed by atoms with van der Waals surface area (Å²) in [5, 5.41) is 0. The van der Waals surface area contributed by atoms with E-state index in [9.17, 15) is 13.6 Å². The minimum Gasteiger partial charge on any atom is -0.463 e. The summed E-state index contributed by atoms with van der Waals surface area (Å²) < 4.78 is 29.7. The zero-order valence-electron chi connectivity index (χ0n) is 11.3. The third kappa shape index (κ3) is 3.92. The highest BCUT2D eigenvalue weighted by Gasteiger charge is 2.46. The molecule has 0 bridgehead atoms. The van der Waals surface area contributed by atoms with Gasteiger partial charge in [-0.3, -0.25) is 4.79 Å². The van der Waals surface area contributed by atoms with Gasteiger partial charge >= 0.3 is 16.5 Å². The molecule has 1 N–H and O–H groups in total. The monoisotopic (exact) mass is 285 g/mol. The summed E-state index contributed by atoms with van der Waals surface area (Å²) >= 11 is 2.16. The van der Waals surface area contributed by atoms with Crippen molar-refractivity contribution in [3.05, 3.63) is 0 Å². The van der Waals surface area contributed by atoms with Crippen LogP contribution in [0.4, 0.5) is 8.78 Å². The quantitative estimate of drug-likeness (QED) is 0.612. The Bertz CT molecular complexity index is 317. The molecular weight excluding hydrogens is 263 g/mol. The van der Waals surface area contributed by atoms with Crippen LogP contribution in [0.2, 0.25) is 0 Å². The smallest absolute Gasteiger partial charge is 0.310 e. The molecule has 0 spiro atoms. The Morgan fingerprint density at radius 3 is 2.32 bits per heavy atom. The third-order valence-electron chi connectivity index (χ3n) is 4.86. The van der Waals surface area contributed by atoms with Crippen molar-refractivity contribution in [3.63, 3.8) is 0 Å². The first-order valence-corrected chi connectivity index (χ1v) is 7.99. The Hall–Kier alpha value is -0.138. The van der Waals surface area contributed by atoms with Gasteiger partial charge in [0.2, 0.25) is 5.92 Å². The van der Waals surface area contributed by atoms with E-state index in [0.717, 1.165) is 12.8 Å². The molecule has 2 fully saturated rings. The molecule has 2 nitrogen and oxygen atoms in total. The Kier molecular flexibility index (Phi) is 5.25. The molecule has 106 valence electrons. The molecule has 1 amide bonds. The zero-order chi connectivity index (χ0) is 13.9. The van der Waals surface area contributed by atoms with Crippen molar-refractivity contribution in [2.75, 3.05) is 0 Å². The van der Waals surface area contributed by atoms with Gasteiger partial charge in [0, 0.05) is 18.8 Å². The van der Waals surface area contributed by atoms with Gasteiger partial charge in [-0.2, -0.15) is 0 Å². The number of hydrogen-bond donors (Lipinski definition) is 1. The van der Waals surface area contributed by atoms with Gasteiger partial charge in [0.05, 0.1) is 0 Å². The van der Waals surface area contributed by atoms with Gasteiger partial charge in [0.15, 0.2) is 5.91 Å². The molecule has 0 aromatic rings. The molecule has 2 atom stereocenters. The van der Waals surface area contributed by atoms with Crippen molar-refractivity contribution in [1.82, 2.24) is 4.30 Å². The highest BCUT2D eigenvalue weighted by Crippen LogP contribution is 2.46. The third-order valence-corrected chi connectivity index (χ3v) is 5.15. The second-order valence-electron chi connectivity index (χ2n) is 6.13. The summed E-state index contributed by atoms with van der Waals surface area (Å²) in [6.45, 7) is 0. The molecule has 2 rings (SSSR count). The molecule has 2 saturated carbocycles. The predicted molar refractivity (Wildman–Crippen MR) is 70.9 cm³/mol. The fourth-order valence-corrected chi connectivity index (χ4v) is 4.07. The SMILES string of the molecule is O=C([NH][Al])[C@H]1CC(F)(F)CC[C@@H]1C1CCCCCC1. The standard InChI is InChI=1S/C14H23F2NO.Al/c15-14(16)8-7-11(12(9-14)13(17)18)10-5-3-1-2-4-6-10;/h10-12H,1-9H2,(H2,17,18);/q;+1/p-1/t11-,12+;/m1./s1. The lowest BCUT2D eigenvalue weighted by atomic mass is 9.69. The van der Waals surface area contributed by atoms with Crippen molar-refractivity contribution in [3.8, 4) is 0 Å². The summed E-state index contributed by atoms with van der Waals surface area (Å²) in [5.74, 6) is -2.78. The fourth-order valence-electron chi connectivity index (χ4n) is 3.85. The summed E-state index contributed by atoms with van der Waals surface area (Å²) in [7, 11) is 0. The molecule has 0 saturated heterocycles. The van der Waals surface area contributed by atoms with Crippen LogP contribution in [0.1, 0.15) is 57.8 Å². The average molecular weight is 285 g/mol. The van der Waals surface area contributed by atoms with Gasteiger partial charge in [-0.1, -0.05) is 38.5 Å². The molecule has 2 aliphatic rings. The molecule has 0 aliphatic heterocycles. The van der Waals surface area contributed by atoms with E-state index in [1.807, 2.05) is 0 Å². The van der Waals surface area contributed by atoms with Gasteiger partial charge in [-0.15, -0.1) is 0 Å². The van der Waals surface area contributed by atoms with Gasteiger partial charge in [-0.25, -0.2) is 8.78 Å². The van der Waals surface area contributed by atoms with Crippen molar-refractivity contribution < 1.29 is 13.6 Å². The van der Waals surface area contributed by atoms with E-state index in [2.05, 4.69) is 20.8 Å².